The van der Waals surface area contributed by atoms with Crippen LogP contribution in [0.5, 0.6) is 0 Å². The van der Waals surface area contributed by atoms with Crippen LogP contribution in [0.4, 0.5) is 11.5 Å². The van der Waals surface area contributed by atoms with Crippen LogP contribution in [0.3, 0.4) is 0 Å². The van der Waals surface area contributed by atoms with Crippen LogP contribution in [0.1, 0.15) is 24.5 Å². The van der Waals surface area contributed by atoms with Crippen molar-refractivity contribution >= 4 is 23.1 Å². The third-order valence-corrected chi connectivity index (χ3v) is 4.06. The molecule has 0 atom stereocenters. The topological polar surface area (TPSA) is 28.2 Å². The van der Waals surface area contributed by atoms with E-state index in [1.807, 2.05) is 12.3 Å². The summed E-state index contributed by atoms with van der Waals surface area (Å²) in [6.07, 6.45) is 4.10. The van der Waals surface area contributed by atoms with Gasteiger partial charge in [-0.25, -0.2) is 4.98 Å². The van der Waals surface area contributed by atoms with Gasteiger partial charge >= 0.3 is 0 Å². The minimum atomic E-state index is 0.725. The Balaban J connectivity index is 1.81. The van der Waals surface area contributed by atoms with Crippen molar-refractivity contribution in [3.8, 4) is 0 Å². The third-order valence-electron chi connectivity index (χ3n) is 3.78. The van der Waals surface area contributed by atoms with E-state index in [1.54, 1.807) is 0 Å². The van der Waals surface area contributed by atoms with Crippen molar-refractivity contribution in [1.29, 1.82) is 0 Å². The molecular weight excluding hydrogens is 282 g/mol. The van der Waals surface area contributed by atoms with Gasteiger partial charge in [-0.2, -0.15) is 0 Å². The second-order valence-electron chi connectivity index (χ2n) is 5.36. The fourth-order valence-electron chi connectivity index (χ4n) is 2.73. The maximum absolute atomic E-state index is 6.46. The molecule has 3 nitrogen and oxygen atoms in total. The van der Waals surface area contributed by atoms with E-state index in [2.05, 4.69) is 46.4 Å². The number of aromatic nitrogens is 1. The number of pyridine rings is 1. The number of hydrogen-bond donors (Lipinski definition) is 1. The molecule has 0 unspecified atom stereocenters. The zero-order valence-electron chi connectivity index (χ0n) is 12.3. The Hall–Kier alpha value is -1.58. The number of fused-ring (bicyclic) bond motifs is 1. The van der Waals surface area contributed by atoms with E-state index in [-0.39, 0.29) is 0 Å². The number of benzene rings is 1. The maximum Gasteiger partial charge on any atom is 0.151 e. The summed E-state index contributed by atoms with van der Waals surface area (Å²) < 4.78 is 0. The number of halogens is 1. The van der Waals surface area contributed by atoms with Gasteiger partial charge in [-0.05, 0) is 42.6 Å². The number of nitrogens with zero attached hydrogens (tertiary/aromatic N) is 2. The van der Waals surface area contributed by atoms with Crippen LogP contribution in [0.2, 0.25) is 5.02 Å². The van der Waals surface area contributed by atoms with Crippen LogP contribution in [0.25, 0.3) is 0 Å². The number of hydrogen-bond acceptors (Lipinski definition) is 3. The quantitative estimate of drug-likeness (QED) is 0.848. The summed E-state index contributed by atoms with van der Waals surface area (Å²) in [4.78, 5) is 6.80. The first-order valence-corrected chi connectivity index (χ1v) is 7.88. The normalized spacial score (nSPS) is 13.5. The predicted molar refractivity (Wildman–Crippen MR) is 88.4 cm³/mol. The van der Waals surface area contributed by atoms with Crippen molar-refractivity contribution in [3.05, 3.63) is 52.7 Å². The average Bonchev–Trinajstić information content (AvgIpc) is 2.92. The van der Waals surface area contributed by atoms with Crippen molar-refractivity contribution in [2.24, 2.45) is 0 Å². The molecule has 0 bridgehead atoms. The molecule has 4 heteroatoms. The van der Waals surface area contributed by atoms with Crippen molar-refractivity contribution in [2.75, 3.05) is 18.0 Å². The summed E-state index contributed by atoms with van der Waals surface area (Å²) in [5.41, 5.74) is 3.72. The summed E-state index contributed by atoms with van der Waals surface area (Å²) in [7, 11) is 0. The van der Waals surface area contributed by atoms with Crippen LogP contribution >= 0.6 is 11.6 Å². The average molecular weight is 302 g/mol. The van der Waals surface area contributed by atoms with E-state index in [4.69, 9.17) is 11.6 Å². The molecule has 0 aliphatic carbocycles. The Labute approximate surface area is 131 Å². The monoisotopic (exact) mass is 301 g/mol. The van der Waals surface area contributed by atoms with Crippen LogP contribution in [-0.4, -0.2) is 18.1 Å². The number of para-hydroxylation sites is 1. The largest absolute Gasteiger partial charge is 0.325 e. The van der Waals surface area contributed by atoms with Gasteiger partial charge in [0, 0.05) is 25.0 Å². The molecule has 2 heterocycles. The fraction of sp³-hybridized carbons (Fsp3) is 0.353. The van der Waals surface area contributed by atoms with E-state index in [9.17, 15) is 0 Å². The molecule has 0 radical (unpaired) electrons. The molecule has 0 fully saturated rings. The van der Waals surface area contributed by atoms with E-state index in [1.165, 1.54) is 11.3 Å². The highest BCUT2D eigenvalue weighted by molar-refractivity contribution is 6.33. The molecule has 110 valence electrons. The number of anilines is 2. The third kappa shape index (κ3) is 3.04. The van der Waals surface area contributed by atoms with E-state index < -0.39 is 0 Å². The minimum absolute atomic E-state index is 0.725. The van der Waals surface area contributed by atoms with Crippen molar-refractivity contribution in [3.63, 3.8) is 0 Å². The summed E-state index contributed by atoms with van der Waals surface area (Å²) in [6, 6.07) is 10.5. The number of nitrogens with one attached hydrogen (secondary N) is 1. The predicted octanol–water partition coefficient (Wildman–Crippen LogP) is 3.93. The Morgan fingerprint density at radius 2 is 2.19 bits per heavy atom. The van der Waals surface area contributed by atoms with Crippen LogP contribution in [0.15, 0.2) is 36.5 Å². The molecule has 3 rings (SSSR count). The molecule has 0 spiro atoms. The summed E-state index contributed by atoms with van der Waals surface area (Å²) in [5.74, 6) is 0.862. The number of rotatable bonds is 5. The van der Waals surface area contributed by atoms with Crippen molar-refractivity contribution < 1.29 is 0 Å². The van der Waals surface area contributed by atoms with Gasteiger partial charge in [0.25, 0.3) is 0 Å². The molecule has 1 aromatic heterocycles. The zero-order valence-corrected chi connectivity index (χ0v) is 13.0. The molecule has 0 saturated heterocycles. The lowest BCUT2D eigenvalue weighted by atomic mass is 10.2. The van der Waals surface area contributed by atoms with E-state index in [0.717, 1.165) is 48.9 Å². The van der Waals surface area contributed by atoms with Crippen LogP contribution in [0, 0.1) is 0 Å². The summed E-state index contributed by atoms with van der Waals surface area (Å²) in [5, 5.41) is 4.10. The van der Waals surface area contributed by atoms with Crippen LogP contribution in [-0.2, 0) is 13.0 Å². The maximum atomic E-state index is 6.46. The fourth-order valence-corrected chi connectivity index (χ4v) is 3.02. The summed E-state index contributed by atoms with van der Waals surface area (Å²) >= 11 is 6.46. The van der Waals surface area contributed by atoms with Gasteiger partial charge in [0.2, 0.25) is 0 Å². The van der Waals surface area contributed by atoms with Gasteiger partial charge in [-0.15, -0.1) is 0 Å². The van der Waals surface area contributed by atoms with E-state index >= 15 is 0 Å². The van der Waals surface area contributed by atoms with Gasteiger partial charge in [0.15, 0.2) is 5.82 Å². The first-order chi connectivity index (χ1) is 10.3. The Morgan fingerprint density at radius 3 is 3.00 bits per heavy atom. The lowest BCUT2D eigenvalue weighted by molar-refractivity contribution is 0.674. The zero-order chi connectivity index (χ0) is 14.7. The highest BCUT2D eigenvalue weighted by Crippen LogP contribution is 2.36. The summed E-state index contributed by atoms with van der Waals surface area (Å²) in [6.45, 7) is 4.93. The molecule has 1 aliphatic rings. The standard InChI is InChI=1S/C17H20ClN3/c1-2-8-19-11-13-10-15(18)17(20-12-13)21-9-7-14-5-3-4-6-16(14)21/h3-6,10,12,19H,2,7-9,11H2,1H3. The van der Waals surface area contributed by atoms with Crippen molar-refractivity contribution in [2.45, 2.75) is 26.3 Å². The van der Waals surface area contributed by atoms with Crippen molar-refractivity contribution in [1.82, 2.24) is 10.3 Å². The molecule has 21 heavy (non-hydrogen) atoms. The smallest absolute Gasteiger partial charge is 0.151 e. The second-order valence-corrected chi connectivity index (χ2v) is 5.76. The highest BCUT2D eigenvalue weighted by Gasteiger charge is 2.22. The molecule has 2 aromatic rings. The Kier molecular flexibility index (Phi) is 4.42. The first-order valence-electron chi connectivity index (χ1n) is 7.50. The molecule has 0 amide bonds. The van der Waals surface area contributed by atoms with Gasteiger partial charge in [-0.1, -0.05) is 36.7 Å². The SMILES string of the molecule is CCCNCc1cnc(N2CCc3ccccc32)c(Cl)c1. The van der Waals surface area contributed by atoms with E-state index in [0.29, 0.717) is 0 Å². The second kappa shape index (κ2) is 6.46. The molecule has 0 saturated carbocycles. The molecular formula is C17H20ClN3. The van der Waals surface area contributed by atoms with Gasteiger partial charge in [-0.3, -0.25) is 0 Å². The lowest BCUT2D eigenvalue weighted by Gasteiger charge is -2.20. The van der Waals surface area contributed by atoms with Gasteiger partial charge in [0.1, 0.15) is 0 Å². The van der Waals surface area contributed by atoms with Gasteiger partial charge < -0.3 is 10.2 Å². The molecule has 1 aromatic carbocycles. The Morgan fingerprint density at radius 1 is 1.33 bits per heavy atom. The molecule has 1 N–H and O–H groups in total. The molecule has 1 aliphatic heterocycles. The minimum Gasteiger partial charge on any atom is -0.325 e. The first kappa shape index (κ1) is 14.4. The van der Waals surface area contributed by atoms with Crippen LogP contribution < -0.4 is 10.2 Å². The highest BCUT2D eigenvalue weighted by atomic mass is 35.5. The van der Waals surface area contributed by atoms with Gasteiger partial charge in [0.05, 0.1) is 5.02 Å². The Bertz CT molecular complexity index is 627. The lowest BCUT2D eigenvalue weighted by Crippen LogP contribution is -2.17.